The number of imide groups is 3. The lowest BCUT2D eigenvalue weighted by Crippen LogP contribution is -2.79. The number of urea groups is 3. The molecule has 0 aliphatic carbocycles. The summed E-state index contributed by atoms with van der Waals surface area (Å²) in [5.41, 5.74) is 0. The van der Waals surface area contributed by atoms with E-state index in [1.165, 1.54) is 26.0 Å². The average Bonchev–Trinajstić information content (AvgIpc) is 2.22. The van der Waals surface area contributed by atoms with Gasteiger partial charge in [-0.15, -0.1) is 0 Å². The monoisotopic (exact) mass is 201 g/mol. The van der Waals surface area contributed by atoms with Crippen LogP contribution in [0.15, 0.2) is 0 Å². The number of carbonyl (C=O) groups is 3. The molecule has 78 valence electrons. The topological polar surface area (TPSA) is 78.5 Å². The number of quaternary nitrogens is 1. The summed E-state index contributed by atoms with van der Waals surface area (Å²) in [6, 6.07) is -1.76. The van der Waals surface area contributed by atoms with Gasteiger partial charge in [-0.3, -0.25) is 0 Å². The second-order valence-electron chi connectivity index (χ2n) is 3.04. The van der Waals surface area contributed by atoms with Crippen LogP contribution in [0.2, 0.25) is 0 Å². The number of carbonyl (C=O) groups excluding carboxylic acids is 3. The summed E-state index contributed by atoms with van der Waals surface area (Å²) >= 11 is 0. The summed E-state index contributed by atoms with van der Waals surface area (Å²) in [6.45, 7) is 0.0676. The van der Waals surface area contributed by atoms with Gasteiger partial charge in [0.05, 0.1) is 0 Å². The molecule has 1 fully saturated rings. The van der Waals surface area contributed by atoms with Crippen molar-refractivity contribution in [3.63, 3.8) is 0 Å². The van der Waals surface area contributed by atoms with E-state index in [-0.39, 0.29) is 6.67 Å². The molecule has 1 aliphatic rings. The first-order valence-electron chi connectivity index (χ1n) is 4.09. The molecule has 7 heteroatoms. The maximum Gasteiger partial charge on any atom is 0.443 e. The standard InChI is InChI=1S/C7H12N4O3/c1-8-5(12)11(6(13)9-2)4-10(3)7(11)14/h4H2,1-3H3,(H-,8,9,12,13)/p+1. The summed E-state index contributed by atoms with van der Waals surface area (Å²) in [5.74, 6) is 0. The zero-order chi connectivity index (χ0) is 10.9. The minimum absolute atomic E-state index is 0.0676. The largest absolute Gasteiger partial charge is 0.443 e. The molecule has 0 radical (unpaired) electrons. The Balaban J connectivity index is 3.00. The number of hydrogen-bond acceptors (Lipinski definition) is 3. The molecule has 0 unspecified atom stereocenters. The summed E-state index contributed by atoms with van der Waals surface area (Å²) < 4.78 is -0.830. The number of nitrogens with zero attached hydrogens (tertiary/aromatic N) is 2. The third kappa shape index (κ3) is 1.06. The van der Waals surface area contributed by atoms with E-state index in [0.29, 0.717) is 0 Å². The molecule has 1 rings (SSSR count). The Morgan fingerprint density at radius 3 is 1.93 bits per heavy atom. The molecule has 1 saturated heterocycles. The van der Waals surface area contributed by atoms with Crippen LogP contribution in [0.3, 0.4) is 0 Å². The van der Waals surface area contributed by atoms with Crippen molar-refractivity contribution in [2.45, 2.75) is 0 Å². The van der Waals surface area contributed by atoms with Gasteiger partial charge in [-0.2, -0.15) is 0 Å². The highest BCUT2D eigenvalue weighted by molar-refractivity contribution is 5.98. The first-order chi connectivity index (χ1) is 6.50. The summed E-state index contributed by atoms with van der Waals surface area (Å²) in [7, 11) is 4.30. The van der Waals surface area contributed by atoms with E-state index >= 15 is 0 Å². The van der Waals surface area contributed by atoms with Gasteiger partial charge in [0.15, 0.2) is 6.67 Å². The van der Waals surface area contributed by atoms with Crippen molar-refractivity contribution in [1.29, 1.82) is 0 Å². The molecular weight excluding hydrogens is 188 g/mol. The van der Waals surface area contributed by atoms with Crippen LogP contribution >= 0.6 is 0 Å². The maximum atomic E-state index is 11.5. The van der Waals surface area contributed by atoms with Crippen LogP contribution in [0, 0.1) is 0 Å². The second-order valence-corrected chi connectivity index (χ2v) is 3.04. The molecule has 0 aromatic carbocycles. The van der Waals surface area contributed by atoms with Gasteiger partial charge in [0, 0.05) is 21.1 Å². The van der Waals surface area contributed by atoms with Gasteiger partial charge in [-0.1, -0.05) is 4.48 Å². The zero-order valence-corrected chi connectivity index (χ0v) is 8.33. The fourth-order valence-corrected chi connectivity index (χ4v) is 1.43. The smallest absolute Gasteiger partial charge is 0.308 e. The van der Waals surface area contributed by atoms with Crippen molar-refractivity contribution in [3.8, 4) is 0 Å². The van der Waals surface area contributed by atoms with Gasteiger partial charge < -0.3 is 10.6 Å². The molecular formula is C7H13N4O3+. The van der Waals surface area contributed by atoms with E-state index in [4.69, 9.17) is 0 Å². The molecule has 2 N–H and O–H groups in total. The maximum absolute atomic E-state index is 11.5. The lowest BCUT2D eigenvalue weighted by atomic mass is 10.3. The van der Waals surface area contributed by atoms with Crippen LogP contribution in [0.5, 0.6) is 0 Å². The highest BCUT2D eigenvalue weighted by Crippen LogP contribution is 2.23. The molecule has 1 aliphatic heterocycles. The SMILES string of the molecule is CNC(=O)[N+]1(C(=O)NC)CN(C)C1=O. The van der Waals surface area contributed by atoms with Gasteiger partial charge in [-0.25, -0.2) is 19.3 Å². The average molecular weight is 201 g/mol. The van der Waals surface area contributed by atoms with E-state index in [9.17, 15) is 14.4 Å². The molecule has 6 amide bonds. The molecule has 1 heterocycles. The van der Waals surface area contributed by atoms with E-state index in [2.05, 4.69) is 10.6 Å². The molecule has 0 atom stereocenters. The second kappa shape index (κ2) is 3.26. The third-order valence-electron chi connectivity index (χ3n) is 2.20. The predicted octanol–water partition coefficient (Wildman–Crippen LogP) is -0.495. The highest BCUT2D eigenvalue weighted by atomic mass is 16.3. The highest BCUT2D eigenvalue weighted by Gasteiger charge is 2.63. The fourth-order valence-electron chi connectivity index (χ4n) is 1.43. The van der Waals surface area contributed by atoms with Crippen molar-refractivity contribution in [1.82, 2.24) is 15.5 Å². The van der Waals surface area contributed by atoms with Gasteiger partial charge in [-0.05, 0) is 0 Å². The van der Waals surface area contributed by atoms with Crippen LogP contribution in [-0.4, -0.2) is 55.3 Å². The third-order valence-corrected chi connectivity index (χ3v) is 2.20. The first-order valence-corrected chi connectivity index (χ1v) is 4.09. The van der Waals surface area contributed by atoms with Crippen molar-refractivity contribution in [2.24, 2.45) is 0 Å². The van der Waals surface area contributed by atoms with Crippen molar-refractivity contribution in [3.05, 3.63) is 0 Å². The zero-order valence-electron chi connectivity index (χ0n) is 8.33. The minimum atomic E-state index is -0.830. The Labute approximate surface area is 81.2 Å². The summed E-state index contributed by atoms with van der Waals surface area (Å²) in [4.78, 5) is 35.6. The number of nitrogens with one attached hydrogen (secondary N) is 2. The molecule has 0 spiro atoms. The Morgan fingerprint density at radius 2 is 1.71 bits per heavy atom. The lowest BCUT2D eigenvalue weighted by Gasteiger charge is -2.41. The Hall–Kier alpha value is -1.63. The Bertz CT molecular complexity index is 272. The van der Waals surface area contributed by atoms with Crippen LogP contribution in [0.4, 0.5) is 14.4 Å². The first kappa shape index (κ1) is 10.5. The van der Waals surface area contributed by atoms with Gasteiger partial charge in [0.2, 0.25) is 0 Å². The summed E-state index contributed by atoms with van der Waals surface area (Å²) in [5, 5.41) is 4.60. The summed E-state index contributed by atoms with van der Waals surface area (Å²) in [6.07, 6.45) is 0. The van der Waals surface area contributed by atoms with Gasteiger partial charge in [0.25, 0.3) is 0 Å². The molecule has 7 nitrogen and oxygen atoms in total. The van der Waals surface area contributed by atoms with Crippen LogP contribution in [0.1, 0.15) is 0 Å². The van der Waals surface area contributed by atoms with Crippen LogP contribution in [0.25, 0.3) is 0 Å². The number of rotatable bonds is 0. The van der Waals surface area contributed by atoms with E-state index < -0.39 is 22.6 Å². The quantitative estimate of drug-likeness (QED) is 0.519. The Kier molecular flexibility index (Phi) is 2.43. The van der Waals surface area contributed by atoms with Crippen molar-refractivity contribution < 1.29 is 18.9 Å². The van der Waals surface area contributed by atoms with Gasteiger partial charge >= 0.3 is 18.1 Å². The normalized spacial score (nSPS) is 18.5. The van der Waals surface area contributed by atoms with E-state index in [1.54, 1.807) is 0 Å². The minimum Gasteiger partial charge on any atom is -0.308 e. The molecule has 0 aromatic rings. The molecule has 0 saturated carbocycles. The Morgan fingerprint density at radius 1 is 1.29 bits per heavy atom. The molecule has 14 heavy (non-hydrogen) atoms. The van der Waals surface area contributed by atoms with Crippen molar-refractivity contribution in [2.75, 3.05) is 27.8 Å². The fraction of sp³-hybridized carbons (Fsp3) is 0.571. The van der Waals surface area contributed by atoms with E-state index in [0.717, 1.165) is 0 Å². The van der Waals surface area contributed by atoms with Gasteiger partial charge in [0.1, 0.15) is 0 Å². The van der Waals surface area contributed by atoms with Crippen LogP contribution in [-0.2, 0) is 0 Å². The number of amides is 6. The lowest BCUT2D eigenvalue weighted by molar-refractivity contribution is -0.742. The van der Waals surface area contributed by atoms with E-state index in [1.807, 2.05) is 0 Å². The van der Waals surface area contributed by atoms with Crippen LogP contribution < -0.4 is 10.6 Å². The number of hydrogen-bond donors (Lipinski definition) is 2. The predicted molar refractivity (Wildman–Crippen MR) is 47.2 cm³/mol. The van der Waals surface area contributed by atoms with Crippen molar-refractivity contribution >= 4 is 18.1 Å². The molecule has 0 aromatic heterocycles. The molecule has 0 bridgehead atoms.